The lowest BCUT2D eigenvalue weighted by Gasteiger charge is -2.42. The van der Waals surface area contributed by atoms with Crippen molar-refractivity contribution in [3.63, 3.8) is 0 Å². The van der Waals surface area contributed by atoms with Crippen LogP contribution in [-0.2, 0) is 4.79 Å². The van der Waals surface area contributed by atoms with Gasteiger partial charge in [0.1, 0.15) is 0 Å². The van der Waals surface area contributed by atoms with Gasteiger partial charge in [0.15, 0.2) is 0 Å². The van der Waals surface area contributed by atoms with E-state index in [4.69, 9.17) is 5.11 Å². The Bertz CT molecular complexity index is 275. The van der Waals surface area contributed by atoms with Gasteiger partial charge in [0.05, 0.1) is 0 Å². The Kier molecular flexibility index (Phi) is 5.01. The molecule has 0 aromatic rings. The van der Waals surface area contributed by atoms with Crippen molar-refractivity contribution in [3.8, 4) is 0 Å². The molecule has 0 aliphatic carbocycles. The van der Waals surface area contributed by atoms with Crippen LogP contribution < -0.4 is 0 Å². The van der Waals surface area contributed by atoms with Crippen molar-refractivity contribution in [2.75, 3.05) is 32.7 Å². The van der Waals surface area contributed by atoms with Crippen molar-refractivity contribution in [1.82, 2.24) is 9.80 Å². The van der Waals surface area contributed by atoms with E-state index in [1.54, 1.807) is 0 Å². The third-order valence-electron chi connectivity index (χ3n) is 4.53. The van der Waals surface area contributed by atoms with Gasteiger partial charge in [0, 0.05) is 19.0 Å². The van der Waals surface area contributed by atoms with Gasteiger partial charge in [-0.05, 0) is 57.8 Å². The average Bonchev–Trinajstić information content (AvgIpc) is 2.38. The Morgan fingerprint density at radius 1 is 1.22 bits per heavy atom. The summed E-state index contributed by atoms with van der Waals surface area (Å²) in [5.74, 6) is -0.261. The normalized spacial score (nSPS) is 28.4. The molecule has 2 saturated heterocycles. The molecule has 1 unspecified atom stereocenters. The van der Waals surface area contributed by atoms with Gasteiger partial charge in [-0.15, -0.1) is 0 Å². The van der Waals surface area contributed by atoms with Crippen LogP contribution in [0.5, 0.6) is 0 Å². The highest BCUT2D eigenvalue weighted by atomic mass is 16.4. The summed E-state index contributed by atoms with van der Waals surface area (Å²) in [7, 11) is 0. The van der Waals surface area contributed by atoms with E-state index >= 15 is 0 Å². The molecule has 0 radical (unpaired) electrons. The smallest absolute Gasteiger partial charge is 0.303 e. The number of rotatable bonds is 4. The second-order valence-electron chi connectivity index (χ2n) is 5.77. The first-order chi connectivity index (χ1) is 8.69. The molecule has 0 spiro atoms. The standard InChI is InChI=1S/C14H26N2O2/c1-2-15-8-5-13(6-9-15)16-7-3-4-12(11-16)10-14(17)18/h12-13H,2-11H2,1H3,(H,17,18). The molecular formula is C14H26N2O2. The summed E-state index contributed by atoms with van der Waals surface area (Å²) < 4.78 is 0. The van der Waals surface area contributed by atoms with E-state index in [0.29, 0.717) is 18.4 Å². The maximum Gasteiger partial charge on any atom is 0.303 e. The Labute approximate surface area is 110 Å². The van der Waals surface area contributed by atoms with Crippen LogP contribution in [0.1, 0.15) is 39.0 Å². The van der Waals surface area contributed by atoms with Crippen molar-refractivity contribution in [1.29, 1.82) is 0 Å². The summed E-state index contributed by atoms with van der Waals surface area (Å²) in [4.78, 5) is 15.9. The third-order valence-corrected chi connectivity index (χ3v) is 4.53. The van der Waals surface area contributed by atoms with E-state index < -0.39 is 5.97 Å². The minimum atomic E-state index is -0.636. The maximum absolute atomic E-state index is 10.8. The first-order valence-corrected chi connectivity index (χ1v) is 7.37. The van der Waals surface area contributed by atoms with Gasteiger partial charge in [-0.25, -0.2) is 0 Å². The second kappa shape index (κ2) is 6.53. The highest BCUT2D eigenvalue weighted by molar-refractivity contribution is 5.67. The van der Waals surface area contributed by atoms with Crippen LogP contribution in [0.2, 0.25) is 0 Å². The van der Waals surface area contributed by atoms with Crippen molar-refractivity contribution < 1.29 is 9.90 Å². The molecule has 2 fully saturated rings. The van der Waals surface area contributed by atoms with Gasteiger partial charge < -0.3 is 14.9 Å². The zero-order valence-corrected chi connectivity index (χ0v) is 11.5. The Morgan fingerprint density at radius 3 is 2.56 bits per heavy atom. The van der Waals surface area contributed by atoms with E-state index in [0.717, 1.165) is 19.5 Å². The van der Waals surface area contributed by atoms with Crippen LogP contribution in [0.3, 0.4) is 0 Å². The molecule has 1 atom stereocenters. The number of carboxylic acids is 1. The summed E-state index contributed by atoms with van der Waals surface area (Å²) in [6.07, 6.45) is 5.13. The number of carbonyl (C=O) groups is 1. The predicted octanol–water partition coefficient (Wildman–Crippen LogP) is 1.66. The highest BCUT2D eigenvalue weighted by Crippen LogP contribution is 2.25. The molecule has 0 aromatic heterocycles. The SMILES string of the molecule is CCN1CCC(N2CCCC(CC(=O)O)C2)CC1. The lowest BCUT2D eigenvalue weighted by molar-refractivity contribution is -0.138. The van der Waals surface area contributed by atoms with E-state index in [9.17, 15) is 4.79 Å². The highest BCUT2D eigenvalue weighted by Gasteiger charge is 2.29. The fourth-order valence-corrected chi connectivity index (χ4v) is 3.44. The van der Waals surface area contributed by atoms with Crippen LogP contribution in [0.25, 0.3) is 0 Å². The number of hydrogen-bond acceptors (Lipinski definition) is 3. The van der Waals surface area contributed by atoms with Gasteiger partial charge in [-0.2, -0.15) is 0 Å². The molecule has 0 aromatic carbocycles. The second-order valence-corrected chi connectivity index (χ2v) is 5.77. The minimum absolute atomic E-state index is 0.351. The van der Waals surface area contributed by atoms with Gasteiger partial charge in [-0.1, -0.05) is 6.92 Å². The number of piperidine rings is 2. The monoisotopic (exact) mass is 254 g/mol. The Balaban J connectivity index is 1.80. The number of aliphatic carboxylic acids is 1. The fourth-order valence-electron chi connectivity index (χ4n) is 3.44. The quantitative estimate of drug-likeness (QED) is 0.828. The summed E-state index contributed by atoms with van der Waals surface area (Å²) >= 11 is 0. The molecule has 2 aliphatic rings. The summed E-state index contributed by atoms with van der Waals surface area (Å²) in [5.41, 5.74) is 0. The molecule has 0 amide bonds. The van der Waals surface area contributed by atoms with Crippen molar-refractivity contribution in [2.24, 2.45) is 5.92 Å². The number of likely N-dealkylation sites (tertiary alicyclic amines) is 2. The van der Waals surface area contributed by atoms with Crippen molar-refractivity contribution in [3.05, 3.63) is 0 Å². The first kappa shape index (κ1) is 13.8. The first-order valence-electron chi connectivity index (χ1n) is 7.37. The predicted molar refractivity (Wildman–Crippen MR) is 71.7 cm³/mol. The molecule has 104 valence electrons. The zero-order chi connectivity index (χ0) is 13.0. The molecule has 2 heterocycles. The van der Waals surface area contributed by atoms with Crippen LogP contribution in [0.4, 0.5) is 0 Å². The van der Waals surface area contributed by atoms with Crippen LogP contribution >= 0.6 is 0 Å². The van der Waals surface area contributed by atoms with Gasteiger partial charge in [0.25, 0.3) is 0 Å². The van der Waals surface area contributed by atoms with Crippen LogP contribution in [0.15, 0.2) is 0 Å². The average molecular weight is 254 g/mol. The summed E-state index contributed by atoms with van der Waals surface area (Å²) in [6, 6.07) is 0.699. The Hall–Kier alpha value is -0.610. The molecule has 0 bridgehead atoms. The molecule has 2 aliphatic heterocycles. The van der Waals surface area contributed by atoms with Crippen LogP contribution in [0, 0.1) is 5.92 Å². The maximum atomic E-state index is 10.8. The van der Waals surface area contributed by atoms with E-state index in [2.05, 4.69) is 16.7 Å². The summed E-state index contributed by atoms with van der Waals surface area (Å²) in [5, 5.41) is 8.90. The zero-order valence-electron chi connectivity index (χ0n) is 11.5. The van der Waals surface area contributed by atoms with Crippen molar-refractivity contribution in [2.45, 2.75) is 45.1 Å². The molecule has 1 N–H and O–H groups in total. The lowest BCUT2D eigenvalue weighted by Crippen LogP contribution is -2.48. The van der Waals surface area contributed by atoms with E-state index in [-0.39, 0.29) is 0 Å². The molecular weight excluding hydrogens is 228 g/mol. The van der Waals surface area contributed by atoms with E-state index in [1.807, 2.05) is 0 Å². The third kappa shape index (κ3) is 3.69. The fraction of sp³-hybridized carbons (Fsp3) is 0.929. The largest absolute Gasteiger partial charge is 0.481 e. The molecule has 2 rings (SSSR count). The van der Waals surface area contributed by atoms with Gasteiger partial charge in [-0.3, -0.25) is 4.79 Å². The number of hydrogen-bond donors (Lipinski definition) is 1. The molecule has 0 saturated carbocycles. The van der Waals surface area contributed by atoms with Gasteiger partial charge in [0.2, 0.25) is 0 Å². The minimum Gasteiger partial charge on any atom is -0.481 e. The van der Waals surface area contributed by atoms with Crippen LogP contribution in [-0.4, -0.2) is 59.6 Å². The van der Waals surface area contributed by atoms with Crippen molar-refractivity contribution >= 4 is 5.97 Å². The molecule has 4 heteroatoms. The topological polar surface area (TPSA) is 43.8 Å². The van der Waals surface area contributed by atoms with E-state index in [1.165, 1.54) is 38.9 Å². The van der Waals surface area contributed by atoms with Gasteiger partial charge >= 0.3 is 5.97 Å². The Morgan fingerprint density at radius 2 is 1.94 bits per heavy atom. The summed E-state index contributed by atoms with van der Waals surface area (Å²) in [6.45, 7) is 7.98. The number of nitrogens with zero attached hydrogens (tertiary/aromatic N) is 2. The molecule has 4 nitrogen and oxygen atoms in total. The lowest BCUT2D eigenvalue weighted by atomic mass is 9.92. The number of carboxylic acid groups (broad SMARTS) is 1. The molecule has 18 heavy (non-hydrogen) atoms.